The standard InChI is InChI=1S/C15H19BrFNO4.C15H20BrNO5.C12H15BrINO3.C10H11BrFNO3.C5H2BrClIN/c16-11-7-12(15(17)9-19-10-15)14(18-8-11)22-6-5-21-13-3-1-2-4-20-13;16-11-7-12(15(18)9-19-10-15)14(17-8-11)22-6-5-21-13-3-1-2-4-20-13;13-9-7-10(14)12(15-8-9)18-6-5-17-11-3-1-2-4-16-11;11-7-3-8(10(12)5-15-6-10)9(13-4-7)16-2-1-14;6-3-1-4(8)5(7)9-2-3/h7-8,13H,1-6,9-10H2;7-8,13,18H,1-6,9-10H2;7-8,11H,1-6H2;3-4,14H,1-2,5-6H2;1-2H. The third kappa shape index (κ3) is 24.1. The molecule has 6 fully saturated rings. The maximum absolute atomic E-state index is 14.6. The van der Waals surface area contributed by atoms with Crippen LogP contribution in [0, 0.1) is 7.14 Å². The predicted molar refractivity (Wildman–Crippen MR) is 350 cm³/mol. The van der Waals surface area contributed by atoms with Crippen molar-refractivity contribution in [2.45, 2.75) is 93.6 Å². The number of alkyl halides is 2. The smallest absolute Gasteiger partial charge is 0.227 e. The van der Waals surface area contributed by atoms with Gasteiger partial charge in [0, 0.05) is 73.2 Å². The van der Waals surface area contributed by atoms with E-state index < -0.39 is 16.9 Å². The molecule has 20 nitrogen and oxygen atoms in total. The monoisotopic (exact) mass is 1780 g/mol. The number of aliphatic hydroxyl groups is 2. The molecule has 6 aliphatic rings. The summed E-state index contributed by atoms with van der Waals surface area (Å²) in [7, 11) is 0. The van der Waals surface area contributed by atoms with Gasteiger partial charge in [0.05, 0.1) is 89.9 Å². The molecule has 0 aliphatic carbocycles. The number of hydrogen-bond acceptors (Lipinski definition) is 20. The van der Waals surface area contributed by atoms with E-state index >= 15 is 0 Å². The van der Waals surface area contributed by atoms with Gasteiger partial charge in [0.1, 0.15) is 37.2 Å². The van der Waals surface area contributed by atoms with E-state index in [9.17, 15) is 13.9 Å². The van der Waals surface area contributed by atoms with E-state index in [-0.39, 0.29) is 77.6 Å². The Hall–Kier alpha value is -1.48. The van der Waals surface area contributed by atoms with Gasteiger partial charge in [-0.1, -0.05) is 11.6 Å². The topological polar surface area (TPSA) is 225 Å². The van der Waals surface area contributed by atoms with Crippen molar-refractivity contribution in [3.05, 3.63) is 113 Å². The summed E-state index contributed by atoms with van der Waals surface area (Å²) in [5.74, 6) is 1.57. The summed E-state index contributed by atoms with van der Waals surface area (Å²) >= 11 is 26.5. The Morgan fingerprint density at radius 3 is 1.15 bits per heavy atom. The van der Waals surface area contributed by atoms with Gasteiger partial charge in [0.25, 0.3) is 0 Å². The van der Waals surface area contributed by atoms with Gasteiger partial charge in [-0.15, -0.1) is 0 Å². The third-order valence-corrected chi connectivity index (χ3v) is 17.5. The molecule has 2 N–H and O–H groups in total. The highest BCUT2D eigenvalue weighted by Crippen LogP contribution is 2.41. The van der Waals surface area contributed by atoms with Crippen molar-refractivity contribution in [1.29, 1.82) is 0 Å². The molecular formula is C57H67Br5ClF2I2N5O15. The summed E-state index contributed by atoms with van der Waals surface area (Å²) in [5.41, 5.74) is -2.63. The van der Waals surface area contributed by atoms with E-state index in [1.54, 1.807) is 36.9 Å². The number of nitrogens with zero attached hydrogens (tertiary/aromatic N) is 5. The Morgan fingerprint density at radius 1 is 0.471 bits per heavy atom. The first-order valence-corrected chi connectivity index (χ1v) is 34.4. The van der Waals surface area contributed by atoms with Crippen LogP contribution in [0.1, 0.15) is 74.5 Å². The van der Waals surface area contributed by atoms with Crippen molar-refractivity contribution in [3.8, 4) is 23.5 Å². The Morgan fingerprint density at radius 2 is 0.816 bits per heavy atom. The lowest BCUT2D eigenvalue weighted by Gasteiger charge is -2.37. The second-order valence-corrected chi connectivity index (χ2v) is 27.2. The van der Waals surface area contributed by atoms with Crippen LogP contribution in [0.5, 0.6) is 23.5 Å². The Labute approximate surface area is 578 Å². The highest BCUT2D eigenvalue weighted by atomic mass is 127. The van der Waals surface area contributed by atoms with Crippen LogP contribution in [0.15, 0.2) is 83.7 Å². The third-order valence-electron chi connectivity index (χ3n) is 13.1. The second-order valence-electron chi connectivity index (χ2n) is 19.9. The van der Waals surface area contributed by atoms with Crippen LogP contribution < -0.4 is 18.9 Å². The summed E-state index contributed by atoms with van der Waals surface area (Å²) in [5, 5.41) is 19.7. The fraction of sp³-hybridized carbons (Fsp3) is 0.561. The first-order valence-electron chi connectivity index (χ1n) is 27.9. The van der Waals surface area contributed by atoms with Gasteiger partial charge >= 0.3 is 0 Å². The molecule has 3 unspecified atom stereocenters. The van der Waals surface area contributed by atoms with E-state index in [0.29, 0.717) is 88.1 Å². The normalized spacial score (nSPS) is 20.4. The Bertz CT molecular complexity index is 2800. The fourth-order valence-electron chi connectivity index (χ4n) is 8.46. The molecule has 11 rings (SSSR count). The second kappa shape index (κ2) is 38.0. The molecule has 0 bridgehead atoms. The van der Waals surface area contributed by atoms with Crippen LogP contribution in [0.2, 0.25) is 5.15 Å². The number of pyridine rings is 5. The van der Waals surface area contributed by atoms with E-state index in [0.717, 1.165) is 91.7 Å². The zero-order valence-corrected chi connectivity index (χ0v) is 60.1. The van der Waals surface area contributed by atoms with Crippen LogP contribution in [0.3, 0.4) is 0 Å². The zero-order chi connectivity index (χ0) is 62.1. The molecule has 0 radical (unpaired) electrons. The quantitative estimate of drug-likeness (QED) is 0.0396. The molecule has 0 saturated carbocycles. The zero-order valence-electron chi connectivity index (χ0n) is 47.1. The first kappa shape index (κ1) is 72.9. The van der Waals surface area contributed by atoms with Crippen molar-refractivity contribution in [2.24, 2.45) is 0 Å². The molecule has 3 atom stereocenters. The van der Waals surface area contributed by atoms with Gasteiger partial charge < -0.3 is 71.8 Å². The molecule has 480 valence electrons. The van der Waals surface area contributed by atoms with E-state index in [2.05, 4.69) is 150 Å². The number of ether oxygens (including phenoxy) is 13. The largest absolute Gasteiger partial charge is 0.475 e. The molecule has 0 amide bonds. The van der Waals surface area contributed by atoms with E-state index in [1.165, 1.54) is 12.6 Å². The number of aliphatic hydroxyl groups excluding tert-OH is 1. The highest BCUT2D eigenvalue weighted by Gasteiger charge is 2.45. The lowest BCUT2D eigenvalue weighted by Crippen LogP contribution is -2.46. The van der Waals surface area contributed by atoms with Gasteiger partial charge in [-0.05, 0) is 213 Å². The van der Waals surface area contributed by atoms with Gasteiger partial charge in [0.15, 0.2) is 30.2 Å². The van der Waals surface area contributed by atoms with Gasteiger partial charge in [-0.25, -0.2) is 33.7 Å². The molecule has 0 aromatic carbocycles. The van der Waals surface area contributed by atoms with E-state index in [1.807, 2.05) is 18.2 Å². The average molecular weight is 1790 g/mol. The van der Waals surface area contributed by atoms with Crippen molar-refractivity contribution in [1.82, 2.24) is 24.9 Å². The van der Waals surface area contributed by atoms with Crippen LogP contribution in [0.25, 0.3) is 0 Å². The van der Waals surface area contributed by atoms with Gasteiger partial charge in [-0.3, -0.25) is 0 Å². The summed E-state index contributed by atoms with van der Waals surface area (Å²) in [4.78, 5) is 20.5. The number of hydrogen-bond donors (Lipinski definition) is 2. The van der Waals surface area contributed by atoms with Crippen LogP contribution >= 0.6 is 136 Å². The molecule has 87 heavy (non-hydrogen) atoms. The summed E-state index contributed by atoms with van der Waals surface area (Å²) in [6.07, 6.45) is 17.4. The molecule has 11 heterocycles. The minimum atomic E-state index is -1.53. The lowest BCUT2D eigenvalue weighted by atomic mass is 9.93. The predicted octanol–water partition coefficient (Wildman–Crippen LogP) is 12.8. The van der Waals surface area contributed by atoms with E-state index in [4.69, 9.17) is 78.3 Å². The highest BCUT2D eigenvalue weighted by molar-refractivity contribution is 14.1. The molecule has 5 aromatic heterocycles. The van der Waals surface area contributed by atoms with Crippen molar-refractivity contribution in [3.63, 3.8) is 0 Å². The Kier molecular flexibility index (Phi) is 31.9. The van der Waals surface area contributed by atoms with Crippen molar-refractivity contribution < 1.29 is 80.6 Å². The first-order chi connectivity index (χ1) is 42.0. The Balaban J connectivity index is 0.000000159. The molecule has 6 aliphatic heterocycles. The van der Waals surface area contributed by atoms with Crippen LogP contribution in [-0.4, -0.2) is 166 Å². The lowest BCUT2D eigenvalue weighted by molar-refractivity contribution is -0.186. The number of halogens is 10. The summed E-state index contributed by atoms with van der Waals surface area (Å²) in [6, 6.07) is 9.01. The minimum Gasteiger partial charge on any atom is -0.475 e. The molecule has 30 heteroatoms. The summed E-state index contributed by atoms with van der Waals surface area (Å²) in [6.45, 7) is 5.38. The summed E-state index contributed by atoms with van der Waals surface area (Å²) < 4.78 is 105. The van der Waals surface area contributed by atoms with Crippen molar-refractivity contribution in [2.75, 3.05) is 112 Å². The molecular weight excluding hydrogens is 1720 g/mol. The minimum absolute atomic E-state index is 0.0145. The SMILES string of the molecule is Brc1cnc(OCCOC2CCCCO2)c(I)c1.Clc1ncc(Br)cc1I.FC1(c2cc(Br)cnc2OCCOC2CCCCO2)COC1.OC1(c2cc(Br)cnc2OCCOC2CCCCO2)COC1.OCCOc1ncc(Br)cc1C1(F)COC1. The van der Waals surface area contributed by atoms with Crippen LogP contribution in [-0.2, 0) is 59.6 Å². The van der Waals surface area contributed by atoms with Gasteiger partial charge in [0.2, 0.25) is 23.5 Å². The molecule has 0 spiro atoms. The van der Waals surface area contributed by atoms with Crippen LogP contribution in [0.4, 0.5) is 8.78 Å². The number of rotatable bonds is 21. The maximum Gasteiger partial charge on any atom is 0.227 e. The van der Waals surface area contributed by atoms with Crippen molar-refractivity contribution >= 4 is 136 Å². The number of aromatic nitrogens is 5. The molecule has 6 saturated heterocycles. The fourth-order valence-corrected chi connectivity index (χ4v) is 12.2. The van der Waals surface area contributed by atoms with Gasteiger partial charge in [-0.2, -0.15) is 0 Å². The molecule has 5 aromatic rings. The maximum atomic E-state index is 14.6. The average Bonchev–Trinajstić information content (AvgIpc) is 3.46.